The Morgan fingerprint density at radius 2 is 2.33 bits per heavy atom. The number of hydrogen-bond acceptors (Lipinski definition) is 2. The average Bonchev–Trinajstić information content (AvgIpc) is 2.99. The fourth-order valence-corrected chi connectivity index (χ4v) is 3.00. The molecule has 1 aliphatic rings. The minimum atomic E-state index is 0.567. The van der Waals surface area contributed by atoms with E-state index in [9.17, 15) is 0 Å². The van der Waals surface area contributed by atoms with Crippen LogP contribution in [0.3, 0.4) is 0 Å². The number of aryl methyl sites for hydroxylation is 1. The van der Waals surface area contributed by atoms with Gasteiger partial charge in [0.15, 0.2) is 0 Å². The van der Waals surface area contributed by atoms with Gasteiger partial charge in [0.25, 0.3) is 0 Å². The molecular formula is C14H20N4. The van der Waals surface area contributed by atoms with Gasteiger partial charge in [-0.05, 0) is 37.9 Å². The molecule has 1 saturated heterocycles. The SMILES string of the molecule is Cc1c(C2CCCNC2)nn(C)c1-c1cc[nH]c1. The fourth-order valence-electron chi connectivity index (χ4n) is 3.00. The predicted octanol–water partition coefficient (Wildman–Crippen LogP) is 2.19. The largest absolute Gasteiger partial charge is 0.367 e. The van der Waals surface area contributed by atoms with Crippen molar-refractivity contribution in [3.05, 3.63) is 29.7 Å². The van der Waals surface area contributed by atoms with E-state index in [1.807, 2.05) is 24.1 Å². The summed E-state index contributed by atoms with van der Waals surface area (Å²) in [6.07, 6.45) is 6.49. The zero-order valence-corrected chi connectivity index (χ0v) is 11.0. The minimum absolute atomic E-state index is 0.567. The molecule has 0 aliphatic carbocycles. The van der Waals surface area contributed by atoms with Gasteiger partial charge in [0, 0.05) is 37.5 Å². The molecule has 0 bridgehead atoms. The maximum Gasteiger partial charge on any atom is 0.0726 e. The summed E-state index contributed by atoms with van der Waals surface area (Å²) in [5.74, 6) is 0.567. The van der Waals surface area contributed by atoms with Gasteiger partial charge in [0.1, 0.15) is 0 Å². The smallest absolute Gasteiger partial charge is 0.0726 e. The highest BCUT2D eigenvalue weighted by Crippen LogP contribution is 2.31. The Bertz CT molecular complexity index is 518. The molecule has 0 aromatic carbocycles. The first kappa shape index (κ1) is 11.5. The lowest BCUT2D eigenvalue weighted by atomic mass is 9.93. The van der Waals surface area contributed by atoms with Crippen LogP contribution in [0, 0.1) is 6.92 Å². The summed E-state index contributed by atoms with van der Waals surface area (Å²) < 4.78 is 2.02. The molecular weight excluding hydrogens is 224 g/mol. The molecule has 96 valence electrons. The zero-order chi connectivity index (χ0) is 12.5. The first-order chi connectivity index (χ1) is 8.77. The second kappa shape index (κ2) is 4.61. The molecule has 0 spiro atoms. The number of nitrogens with one attached hydrogen (secondary N) is 2. The standard InChI is InChI=1S/C14H20N4/c1-10-13(11-4-3-6-15-8-11)17-18(2)14(10)12-5-7-16-9-12/h5,7,9,11,15-16H,3-4,6,8H2,1-2H3. The van der Waals surface area contributed by atoms with Crippen LogP contribution in [0.4, 0.5) is 0 Å². The van der Waals surface area contributed by atoms with Crippen molar-refractivity contribution in [1.29, 1.82) is 0 Å². The van der Waals surface area contributed by atoms with Crippen LogP contribution in [-0.2, 0) is 7.05 Å². The average molecular weight is 244 g/mol. The van der Waals surface area contributed by atoms with Crippen molar-refractivity contribution in [2.24, 2.45) is 7.05 Å². The van der Waals surface area contributed by atoms with Crippen LogP contribution in [0.2, 0.25) is 0 Å². The molecule has 2 aromatic heterocycles. The van der Waals surface area contributed by atoms with E-state index in [0.717, 1.165) is 13.1 Å². The quantitative estimate of drug-likeness (QED) is 0.850. The highest BCUT2D eigenvalue weighted by Gasteiger charge is 2.23. The van der Waals surface area contributed by atoms with Crippen molar-refractivity contribution >= 4 is 0 Å². The molecule has 18 heavy (non-hydrogen) atoms. The van der Waals surface area contributed by atoms with E-state index in [4.69, 9.17) is 5.10 Å². The van der Waals surface area contributed by atoms with Gasteiger partial charge >= 0.3 is 0 Å². The van der Waals surface area contributed by atoms with E-state index < -0.39 is 0 Å². The summed E-state index contributed by atoms with van der Waals surface area (Å²) in [4.78, 5) is 3.12. The van der Waals surface area contributed by atoms with E-state index in [1.54, 1.807) is 0 Å². The van der Waals surface area contributed by atoms with Gasteiger partial charge in [-0.3, -0.25) is 4.68 Å². The molecule has 1 atom stereocenters. The van der Waals surface area contributed by atoms with Gasteiger partial charge in [-0.15, -0.1) is 0 Å². The van der Waals surface area contributed by atoms with E-state index in [0.29, 0.717) is 5.92 Å². The number of rotatable bonds is 2. The minimum Gasteiger partial charge on any atom is -0.367 e. The van der Waals surface area contributed by atoms with Crippen molar-refractivity contribution in [2.45, 2.75) is 25.7 Å². The van der Waals surface area contributed by atoms with E-state index >= 15 is 0 Å². The molecule has 2 N–H and O–H groups in total. The second-order valence-corrected chi connectivity index (χ2v) is 5.13. The lowest BCUT2D eigenvalue weighted by Crippen LogP contribution is -2.28. The van der Waals surface area contributed by atoms with Crippen LogP contribution in [0.25, 0.3) is 11.3 Å². The van der Waals surface area contributed by atoms with Gasteiger partial charge in [-0.25, -0.2) is 0 Å². The molecule has 2 aromatic rings. The summed E-state index contributed by atoms with van der Waals surface area (Å²) >= 11 is 0. The number of H-pyrrole nitrogens is 1. The number of nitrogens with zero attached hydrogens (tertiary/aromatic N) is 2. The molecule has 3 heterocycles. The topological polar surface area (TPSA) is 45.6 Å². The van der Waals surface area contributed by atoms with Gasteiger partial charge in [-0.1, -0.05) is 0 Å². The van der Waals surface area contributed by atoms with E-state index in [1.165, 1.54) is 35.4 Å². The van der Waals surface area contributed by atoms with Gasteiger partial charge in [0.05, 0.1) is 11.4 Å². The second-order valence-electron chi connectivity index (χ2n) is 5.13. The van der Waals surface area contributed by atoms with Gasteiger partial charge in [0.2, 0.25) is 0 Å². The Morgan fingerprint density at radius 1 is 1.44 bits per heavy atom. The lowest BCUT2D eigenvalue weighted by Gasteiger charge is -2.21. The summed E-state index contributed by atoms with van der Waals surface area (Å²) in [7, 11) is 2.04. The fraction of sp³-hybridized carbons (Fsp3) is 0.500. The van der Waals surface area contributed by atoms with Crippen molar-refractivity contribution in [3.8, 4) is 11.3 Å². The first-order valence-corrected chi connectivity index (χ1v) is 6.64. The Balaban J connectivity index is 2.00. The summed E-state index contributed by atoms with van der Waals surface area (Å²) in [5.41, 5.74) is 5.04. The molecule has 1 unspecified atom stereocenters. The summed E-state index contributed by atoms with van der Waals surface area (Å²) in [5, 5.41) is 8.22. The lowest BCUT2D eigenvalue weighted by molar-refractivity contribution is 0.450. The third kappa shape index (κ3) is 1.86. The zero-order valence-electron chi connectivity index (χ0n) is 11.0. The number of hydrogen-bond donors (Lipinski definition) is 2. The number of piperidine rings is 1. The molecule has 0 amide bonds. The van der Waals surface area contributed by atoms with Crippen LogP contribution in [-0.4, -0.2) is 27.9 Å². The Kier molecular flexibility index (Phi) is 2.96. The molecule has 0 radical (unpaired) electrons. The summed E-state index contributed by atoms with van der Waals surface area (Å²) in [6.45, 7) is 4.40. The summed E-state index contributed by atoms with van der Waals surface area (Å²) in [6, 6.07) is 2.10. The monoisotopic (exact) mass is 244 g/mol. The van der Waals surface area contributed by atoms with Crippen LogP contribution in [0.15, 0.2) is 18.5 Å². The third-order valence-corrected chi connectivity index (χ3v) is 3.88. The van der Waals surface area contributed by atoms with E-state index in [2.05, 4.69) is 23.3 Å². The van der Waals surface area contributed by atoms with Crippen molar-refractivity contribution in [2.75, 3.05) is 13.1 Å². The maximum atomic E-state index is 4.75. The molecule has 3 rings (SSSR count). The van der Waals surface area contributed by atoms with Crippen molar-refractivity contribution < 1.29 is 0 Å². The molecule has 1 fully saturated rings. The third-order valence-electron chi connectivity index (χ3n) is 3.88. The van der Waals surface area contributed by atoms with Crippen LogP contribution in [0.5, 0.6) is 0 Å². The predicted molar refractivity (Wildman–Crippen MR) is 72.6 cm³/mol. The number of aromatic nitrogens is 3. The van der Waals surface area contributed by atoms with Gasteiger partial charge < -0.3 is 10.3 Å². The first-order valence-electron chi connectivity index (χ1n) is 6.64. The van der Waals surface area contributed by atoms with Crippen LogP contribution in [0.1, 0.15) is 30.0 Å². The highest BCUT2D eigenvalue weighted by atomic mass is 15.3. The molecule has 4 heteroatoms. The molecule has 4 nitrogen and oxygen atoms in total. The maximum absolute atomic E-state index is 4.75. The Morgan fingerprint density at radius 3 is 3.00 bits per heavy atom. The Labute approximate surface area is 107 Å². The molecule has 0 saturated carbocycles. The van der Waals surface area contributed by atoms with Crippen molar-refractivity contribution in [3.63, 3.8) is 0 Å². The highest BCUT2D eigenvalue weighted by molar-refractivity contribution is 5.64. The normalized spacial score (nSPS) is 20.2. The molecule has 1 aliphatic heterocycles. The van der Waals surface area contributed by atoms with E-state index in [-0.39, 0.29) is 0 Å². The Hall–Kier alpha value is -1.55. The number of aromatic amines is 1. The van der Waals surface area contributed by atoms with Crippen molar-refractivity contribution in [1.82, 2.24) is 20.1 Å². The van der Waals surface area contributed by atoms with Crippen LogP contribution >= 0.6 is 0 Å². The van der Waals surface area contributed by atoms with Crippen LogP contribution < -0.4 is 5.32 Å². The van der Waals surface area contributed by atoms with Gasteiger partial charge in [-0.2, -0.15) is 5.10 Å².